The molecule has 2 heterocycles. The average Bonchev–Trinajstić information content (AvgIpc) is 2.99. The minimum Gasteiger partial charge on any atom is -0.391 e. The largest absolute Gasteiger partial charge is 0.391 e. The third-order valence-electron chi connectivity index (χ3n) is 4.49. The van der Waals surface area contributed by atoms with Gasteiger partial charge in [-0.05, 0) is 12.0 Å². The van der Waals surface area contributed by atoms with Crippen molar-refractivity contribution in [1.29, 1.82) is 0 Å². The van der Waals surface area contributed by atoms with E-state index < -0.39 is 12.1 Å². The van der Waals surface area contributed by atoms with Gasteiger partial charge in [-0.2, -0.15) is 0 Å². The van der Waals surface area contributed by atoms with Crippen LogP contribution in [0.25, 0.3) is 0 Å². The summed E-state index contributed by atoms with van der Waals surface area (Å²) in [5.41, 5.74) is 1.09. The molecule has 1 aromatic carbocycles. The van der Waals surface area contributed by atoms with Gasteiger partial charge < -0.3 is 20.2 Å². The number of carbonyl (C=O) groups excluding carboxylic acids is 2. The maximum atomic E-state index is 12.6. The predicted molar refractivity (Wildman–Crippen MR) is 92.7 cm³/mol. The molecular weight excluding hydrogens is 330 g/mol. The number of hydrogen-bond donors (Lipinski definition) is 2. The number of carbonyl (C=O) groups is 2. The molecule has 2 unspecified atom stereocenters. The molecule has 7 heteroatoms. The highest BCUT2D eigenvalue weighted by atomic mass is 35.5. The van der Waals surface area contributed by atoms with Crippen LogP contribution in [-0.4, -0.2) is 65.0 Å². The van der Waals surface area contributed by atoms with Crippen LogP contribution in [0.5, 0.6) is 0 Å². The fraction of sp³-hybridized carbons (Fsp3) is 0.529. The Balaban J connectivity index is 0.00000208. The normalized spacial score (nSPS) is 24.0. The first-order valence-electron chi connectivity index (χ1n) is 8.15. The van der Waals surface area contributed by atoms with Crippen molar-refractivity contribution in [2.75, 3.05) is 26.2 Å². The van der Waals surface area contributed by atoms with Crippen LogP contribution in [-0.2, 0) is 16.1 Å². The van der Waals surface area contributed by atoms with Crippen LogP contribution < -0.4 is 5.32 Å². The second-order valence-corrected chi connectivity index (χ2v) is 6.24. The summed E-state index contributed by atoms with van der Waals surface area (Å²) in [5.74, 6) is -0.0813. The summed E-state index contributed by atoms with van der Waals surface area (Å²) in [5, 5.41) is 12.7. The van der Waals surface area contributed by atoms with Gasteiger partial charge in [0.2, 0.25) is 11.8 Å². The highest BCUT2D eigenvalue weighted by Crippen LogP contribution is 2.14. The first-order chi connectivity index (χ1) is 11.1. The number of aliphatic hydroxyl groups excluding tert-OH is 1. The summed E-state index contributed by atoms with van der Waals surface area (Å²) < 4.78 is 0. The minimum atomic E-state index is -0.460. The van der Waals surface area contributed by atoms with Crippen molar-refractivity contribution < 1.29 is 14.7 Å². The molecule has 0 spiro atoms. The van der Waals surface area contributed by atoms with Gasteiger partial charge in [0, 0.05) is 32.7 Å². The summed E-state index contributed by atoms with van der Waals surface area (Å²) in [4.78, 5) is 28.3. The number of amides is 2. The molecule has 0 radical (unpaired) electrons. The first-order valence-corrected chi connectivity index (χ1v) is 8.15. The Bertz CT molecular complexity index is 569. The van der Waals surface area contributed by atoms with Gasteiger partial charge in [0.15, 0.2) is 0 Å². The Morgan fingerprint density at radius 2 is 2.00 bits per heavy atom. The Morgan fingerprint density at radius 3 is 2.67 bits per heavy atom. The summed E-state index contributed by atoms with van der Waals surface area (Å²) >= 11 is 0. The number of nitrogens with zero attached hydrogens (tertiary/aromatic N) is 2. The summed E-state index contributed by atoms with van der Waals surface area (Å²) in [6.45, 7) is 2.89. The molecule has 2 amide bonds. The SMILES string of the molecule is Cl.O=C(CC1NCCN(Cc2ccccc2)C1=O)N1CCC(O)C1. The highest BCUT2D eigenvalue weighted by Gasteiger charge is 2.33. The van der Waals surface area contributed by atoms with Crippen molar-refractivity contribution in [1.82, 2.24) is 15.1 Å². The number of aliphatic hydroxyl groups is 1. The number of likely N-dealkylation sites (tertiary alicyclic amines) is 1. The lowest BCUT2D eigenvalue weighted by Crippen LogP contribution is -2.56. The minimum absolute atomic E-state index is 0. The van der Waals surface area contributed by atoms with Crippen molar-refractivity contribution in [2.45, 2.75) is 31.5 Å². The molecule has 2 fully saturated rings. The van der Waals surface area contributed by atoms with E-state index in [1.807, 2.05) is 35.2 Å². The van der Waals surface area contributed by atoms with Crippen LogP contribution >= 0.6 is 12.4 Å². The van der Waals surface area contributed by atoms with Gasteiger partial charge in [0.1, 0.15) is 0 Å². The number of halogens is 1. The van der Waals surface area contributed by atoms with Gasteiger partial charge in [-0.3, -0.25) is 9.59 Å². The predicted octanol–water partition coefficient (Wildman–Crippen LogP) is 0.392. The maximum Gasteiger partial charge on any atom is 0.240 e. The fourth-order valence-corrected chi connectivity index (χ4v) is 3.18. The maximum absolute atomic E-state index is 12.6. The molecular formula is C17H24ClN3O3. The second kappa shape index (κ2) is 8.46. The number of nitrogens with one attached hydrogen (secondary N) is 1. The van der Waals surface area contributed by atoms with Crippen LogP contribution in [0.1, 0.15) is 18.4 Å². The van der Waals surface area contributed by atoms with Crippen molar-refractivity contribution in [3.63, 3.8) is 0 Å². The average molecular weight is 354 g/mol. The Kier molecular flexibility index (Phi) is 6.60. The molecule has 1 aromatic rings. The van der Waals surface area contributed by atoms with Gasteiger partial charge >= 0.3 is 0 Å². The Morgan fingerprint density at radius 1 is 1.25 bits per heavy atom. The topological polar surface area (TPSA) is 72.9 Å². The van der Waals surface area contributed by atoms with E-state index in [0.29, 0.717) is 39.1 Å². The highest BCUT2D eigenvalue weighted by molar-refractivity contribution is 5.89. The van der Waals surface area contributed by atoms with Crippen LogP contribution in [0.4, 0.5) is 0 Å². The summed E-state index contributed by atoms with van der Waals surface area (Å²) in [6, 6.07) is 9.42. The van der Waals surface area contributed by atoms with Crippen LogP contribution in [0.2, 0.25) is 0 Å². The molecule has 2 aliphatic rings. The summed E-state index contributed by atoms with van der Waals surface area (Å²) in [7, 11) is 0. The van der Waals surface area contributed by atoms with E-state index in [2.05, 4.69) is 5.32 Å². The molecule has 3 rings (SSSR count). The molecule has 2 atom stereocenters. The Hall–Kier alpha value is -1.63. The van der Waals surface area contributed by atoms with Crippen molar-refractivity contribution >= 4 is 24.2 Å². The molecule has 0 bridgehead atoms. The van der Waals surface area contributed by atoms with Gasteiger partial charge in [-0.1, -0.05) is 30.3 Å². The third kappa shape index (κ3) is 4.47. The van der Waals surface area contributed by atoms with Crippen molar-refractivity contribution in [2.24, 2.45) is 0 Å². The van der Waals surface area contributed by atoms with Crippen LogP contribution in [0.15, 0.2) is 30.3 Å². The molecule has 0 aliphatic carbocycles. The van der Waals surface area contributed by atoms with E-state index in [9.17, 15) is 14.7 Å². The quantitative estimate of drug-likeness (QED) is 0.821. The smallest absolute Gasteiger partial charge is 0.240 e. The molecule has 2 aliphatic heterocycles. The monoisotopic (exact) mass is 353 g/mol. The summed E-state index contributed by atoms with van der Waals surface area (Å²) in [6.07, 6.45) is 0.359. The van der Waals surface area contributed by atoms with E-state index in [1.165, 1.54) is 0 Å². The molecule has 2 saturated heterocycles. The van der Waals surface area contributed by atoms with Crippen molar-refractivity contribution in [3.05, 3.63) is 35.9 Å². The van der Waals surface area contributed by atoms with Gasteiger partial charge in [-0.15, -0.1) is 12.4 Å². The molecule has 6 nitrogen and oxygen atoms in total. The van der Waals surface area contributed by atoms with E-state index in [1.54, 1.807) is 4.90 Å². The molecule has 2 N–H and O–H groups in total. The Labute approximate surface area is 148 Å². The number of benzene rings is 1. The molecule has 132 valence electrons. The molecule has 24 heavy (non-hydrogen) atoms. The van der Waals surface area contributed by atoms with Gasteiger partial charge in [-0.25, -0.2) is 0 Å². The molecule has 0 aromatic heterocycles. The van der Waals surface area contributed by atoms with E-state index in [4.69, 9.17) is 0 Å². The zero-order valence-corrected chi connectivity index (χ0v) is 14.4. The lowest BCUT2D eigenvalue weighted by Gasteiger charge is -2.33. The van der Waals surface area contributed by atoms with Gasteiger partial charge in [0.25, 0.3) is 0 Å². The van der Waals surface area contributed by atoms with Crippen LogP contribution in [0, 0.1) is 0 Å². The number of piperazine rings is 1. The first kappa shape index (κ1) is 18.7. The molecule has 0 saturated carbocycles. The van der Waals surface area contributed by atoms with E-state index in [-0.39, 0.29) is 30.6 Å². The van der Waals surface area contributed by atoms with E-state index >= 15 is 0 Å². The zero-order chi connectivity index (χ0) is 16.2. The lowest BCUT2D eigenvalue weighted by atomic mass is 10.1. The number of rotatable bonds is 4. The van der Waals surface area contributed by atoms with Gasteiger partial charge in [0.05, 0.1) is 18.6 Å². The zero-order valence-electron chi connectivity index (χ0n) is 13.6. The fourth-order valence-electron chi connectivity index (χ4n) is 3.18. The number of hydrogen-bond acceptors (Lipinski definition) is 4. The standard InChI is InChI=1S/C17H23N3O3.ClH/c21-14-6-8-19(12-14)16(22)10-15-17(23)20(9-7-18-15)11-13-4-2-1-3-5-13;/h1-5,14-15,18,21H,6-12H2;1H. The van der Waals surface area contributed by atoms with Crippen LogP contribution in [0.3, 0.4) is 0 Å². The van der Waals surface area contributed by atoms with E-state index in [0.717, 1.165) is 5.56 Å². The van der Waals surface area contributed by atoms with Crippen molar-refractivity contribution in [3.8, 4) is 0 Å². The number of β-amino-alcohol motifs (C(OH)–C–C–N with tert-alkyl or cyclic N) is 1. The third-order valence-corrected chi connectivity index (χ3v) is 4.49. The second-order valence-electron chi connectivity index (χ2n) is 6.24. The lowest BCUT2D eigenvalue weighted by molar-refractivity contribution is -0.141.